The second-order valence-electron chi connectivity index (χ2n) is 3.44. The molecule has 0 bridgehead atoms. The molecule has 3 heteroatoms. The van der Waals surface area contributed by atoms with Gasteiger partial charge in [-0.25, -0.2) is 8.78 Å². The van der Waals surface area contributed by atoms with Gasteiger partial charge >= 0.3 is 0 Å². The van der Waals surface area contributed by atoms with Gasteiger partial charge in [-0.15, -0.1) is 0 Å². The van der Waals surface area contributed by atoms with Gasteiger partial charge < -0.3 is 0 Å². The lowest BCUT2D eigenvalue weighted by Gasteiger charge is -2.06. The van der Waals surface area contributed by atoms with Crippen molar-refractivity contribution in [3.63, 3.8) is 0 Å². The summed E-state index contributed by atoms with van der Waals surface area (Å²) in [6.07, 6.45) is 0. The van der Waals surface area contributed by atoms with Gasteiger partial charge in [-0.05, 0) is 19.1 Å². The summed E-state index contributed by atoms with van der Waals surface area (Å²) < 4.78 is 26.0. The van der Waals surface area contributed by atoms with Gasteiger partial charge in [0.15, 0.2) is 5.78 Å². The van der Waals surface area contributed by atoms with Crippen molar-refractivity contribution >= 4 is 5.78 Å². The molecule has 0 amide bonds. The molecule has 0 aliphatic heterocycles. The standard InChI is InChI=1S/C11H11F2O/c1-6(2)11(14)8-4-9(12)7(3)10(13)5-8/h4-6H,3H2,1-2H3. The third-order valence-corrected chi connectivity index (χ3v) is 1.95. The number of hydrogen-bond donors (Lipinski definition) is 0. The summed E-state index contributed by atoms with van der Waals surface area (Å²) in [5.41, 5.74) is -0.243. The fraction of sp³-hybridized carbons (Fsp3) is 0.273. The van der Waals surface area contributed by atoms with Gasteiger partial charge in [0.25, 0.3) is 0 Å². The molecule has 0 aliphatic rings. The Balaban J connectivity index is 3.19. The molecule has 75 valence electrons. The van der Waals surface area contributed by atoms with E-state index in [1.807, 2.05) is 0 Å². The summed E-state index contributed by atoms with van der Waals surface area (Å²) >= 11 is 0. The maximum absolute atomic E-state index is 13.0. The number of carbonyl (C=O) groups excluding carboxylic acids is 1. The highest BCUT2D eigenvalue weighted by molar-refractivity contribution is 5.97. The maximum Gasteiger partial charge on any atom is 0.165 e. The van der Waals surface area contributed by atoms with Crippen molar-refractivity contribution in [1.29, 1.82) is 0 Å². The molecule has 0 saturated heterocycles. The van der Waals surface area contributed by atoms with Gasteiger partial charge in [-0.3, -0.25) is 4.79 Å². The third kappa shape index (κ3) is 1.97. The van der Waals surface area contributed by atoms with E-state index in [9.17, 15) is 13.6 Å². The number of rotatable bonds is 2. The van der Waals surface area contributed by atoms with E-state index in [-0.39, 0.29) is 22.8 Å². The Morgan fingerprint density at radius 1 is 1.29 bits per heavy atom. The summed E-state index contributed by atoms with van der Waals surface area (Å²) in [5, 5.41) is 0. The molecule has 0 fully saturated rings. The minimum Gasteiger partial charge on any atom is -0.294 e. The molecule has 0 atom stereocenters. The Labute approximate surface area is 81.7 Å². The molecule has 14 heavy (non-hydrogen) atoms. The molecule has 1 aromatic carbocycles. The molecule has 0 N–H and O–H groups in total. The van der Waals surface area contributed by atoms with Crippen LogP contribution in [0.25, 0.3) is 0 Å². The number of hydrogen-bond acceptors (Lipinski definition) is 1. The molecule has 0 aromatic heterocycles. The molecule has 1 rings (SSSR count). The zero-order valence-electron chi connectivity index (χ0n) is 8.10. The lowest BCUT2D eigenvalue weighted by Crippen LogP contribution is -2.09. The summed E-state index contributed by atoms with van der Waals surface area (Å²) in [7, 11) is 0. The minimum absolute atomic E-state index is 0.0578. The van der Waals surface area contributed by atoms with Crippen LogP contribution >= 0.6 is 0 Å². The Kier molecular flexibility index (Phi) is 2.99. The number of Topliss-reactive ketones (excluding diaryl/α,β-unsaturated/α-hetero) is 1. The van der Waals surface area contributed by atoms with Crippen LogP contribution in [0.4, 0.5) is 8.78 Å². The highest BCUT2D eigenvalue weighted by atomic mass is 19.1. The van der Waals surface area contributed by atoms with E-state index in [0.717, 1.165) is 12.1 Å². The van der Waals surface area contributed by atoms with Crippen molar-refractivity contribution in [3.8, 4) is 0 Å². The Morgan fingerprint density at radius 2 is 1.71 bits per heavy atom. The van der Waals surface area contributed by atoms with Gasteiger partial charge in [-0.1, -0.05) is 13.8 Å². The Bertz CT molecular complexity index is 347. The average Bonchev–Trinajstić information content (AvgIpc) is 2.12. The first-order valence-electron chi connectivity index (χ1n) is 4.28. The monoisotopic (exact) mass is 197 g/mol. The van der Waals surface area contributed by atoms with Crippen LogP contribution in [-0.4, -0.2) is 5.78 Å². The molecular formula is C11H11F2O. The quantitative estimate of drug-likeness (QED) is 0.666. The normalized spacial score (nSPS) is 10.7. The summed E-state index contributed by atoms with van der Waals surface area (Å²) in [5.74, 6) is -2.12. The van der Waals surface area contributed by atoms with Crippen LogP contribution in [0.1, 0.15) is 29.8 Å². The Hall–Kier alpha value is -1.25. The highest BCUT2D eigenvalue weighted by Crippen LogP contribution is 2.16. The molecule has 1 radical (unpaired) electrons. The van der Waals surface area contributed by atoms with Crippen molar-refractivity contribution in [3.05, 3.63) is 41.8 Å². The van der Waals surface area contributed by atoms with Crippen molar-refractivity contribution in [2.24, 2.45) is 5.92 Å². The van der Waals surface area contributed by atoms with E-state index in [4.69, 9.17) is 0 Å². The van der Waals surface area contributed by atoms with E-state index in [1.54, 1.807) is 13.8 Å². The van der Waals surface area contributed by atoms with E-state index in [2.05, 4.69) is 6.92 Å². The largest absolute Gasteiger partial charge is 0.294 e. The molecule has 0 spiro atoms. The molecule has 1 aromatic rings. The highest BCUT2D eigenvalue weighted by Gasteiger charge is 2.14. The maximum atomic E-state index is 13.0. The van der Waals surface area contributed by atoms with Crippen molar-refractivity contribution in [2.45, 2.75) is 13.8 Å². The summed E-state index contributed by atoms with van der Waals surface area (Å²) in [4.78, 5) is 11.4. The van der Waals surface area contributed by atoms with Gasteiger partial charge in [0.1, 0.15) is 11.6 Å². The molecular weight excluding hydrogens is 186 g/mol. The first-order chi connectivity index (χ1) is 6.43. The minimum atomic E-state index is -0.783. The average molecular weight is 197 g/mol. The van der Waals surface area contributed by atoms with Gasteiger partial charge in [0.2, 0.25) is 0 Å². The van der Waals surface area contributed by atoms with Crippen molar-refractivity contribution < 1.29 is 13.6 Å². The van der Waals surface area contributed by atoms with E-state index < -0.39 is 11.6 Å². The first-order valence-corrected chi connectivity index (χ1v) is 4.28. The van der Waals surface area contributed by atoms with Crippen LogP contribution in [0.2, 0.25) is 0 Å². The van der Waals surface area contributed by atoms with E-state index >= 15 is 0 Å². The topological polar surface area (TPSA) is 17.1 Å². The zero-order valence-corrected chi connectivity index (χ0v) is 8.10. The fourth-order valence-electron chi connectivity index (χ4n) is 1.08. The number of halogens is 2. The summed E-state index contributed by atoms with van der Waals surface area (Å²) in [6, 6.07) is 2.04. The molecule has 0 saturated carbocycles. The van der Waals surface area contributed by atoms with Crippen LogP contribution in [0, 0.1) is 24.5 Å². The zero-order chi connectivity index (χ0) is 10.9. The second-order valence-corrected chi connectivity index (χ2v) is 3.44. The third-order valence-electron chi connectivity index (χ3n) is 1.95. The van der Waals surface area contributed by atoms with Crippen LogP contribution in [-0.2, 0) is 0 Å². The SMILES string of the molecule is [CH2]c1c(F)cc(C(=O)C(C)C)cc1F. The molecule has 0 aliphatic carbocycles. The predicted octanol–water partition coefficient (Wildman–Crippen LogP) is 2.99. The van der Waals surface area contributed by atoms with Gasteiger partial charge in [-0.2, -0.15) is 0 Å². The van der Waals surface area contributed by atoms with Crippen LogP contribution < -0.4 is 0 Å². The Morgan fingerprint density at radius 3 is 2.07 bits per heavy atom. The lowest BCUT2D eigenvalue weighted by molar-refractivity contribution is 0.0938. The second kappa shape index (κ2) is 3.86. The van der Waals surface area contributed by atoms with Crippen LogP contribution in [0.15, 0.2) is 12.1 Å². The first kappa shape index (κ1) is 10.8. The number of carbonyl (C=O) groups is 1. The number of ketones is 1. The fourth-order valence-corrected chi connectivity index (χ4v) is 1.08. The van der Waals surface area contributed by atoms with Crippen LogP contribution in [0.3, 0.4) is 0 Å². The van der Waals surface area contributed by atoms with Gasteiger partial charge in [0.05, 0.1) is 0 Å². The predicted molar refractivity (Wildman–Crippen MR) is 50.0 cm³/mol. The molecule has 0 heterocycles. The van der Waals surface area contributed by atoms with Crippen molar-refractivity contribution in [2.75, 3.05) is 0 Å². The molecule has 1 nitrogen and oxygen atoms in total. The summed E-state index contributed by atoms with van der Waals surface area (Å²) in [6.45, 7) is 6.56. The van der Waals surface area contributed by atoms with Gasteiger partial charge in [0, 0.05) is 17.0 Å². The smallest absolute Gasteiger partial charge is 0.165 e. The number of benzene rings is 1. The van der Waals surface area contributed by atoms with Crippen molar-refractivity contribution in [1.82, 2.24) is 0 Å². The molecule has 0 unspecified atom stereocenters. The van der Waals surface area contributed by atoms with Crippen LogP contribution in [0.5, 0.6) is 0 Å². The van der Waals surface area contributed by atoms with E-state index in [0.29, 0.717) is 0 Å². The van der Waals surface area contributed by atoms with E-state index in [1.165, 1.54) is 0 Å². The lowest BCUT2D eigenvalue weighted by atomic mass is 10.00.